The summed E-state index contributed by atoms with van der Waals surface area (Å²) >= 11 is 0. The molecule has 19 heavy (non-hydrogen) atoms. The Morgan fingerprint density at radius 3 is 2.89 bits per heavy atom. The molecular formula is C11H6FN7. The van der Waals surface area contributed by atoms with E-state index in [1.807, 2.05) is 6.07 Å². The lowest BCUT2D eigenvalue weighted by atomic mass is 10.2. The number of halogens is 1. The molecule has 2 rings (SSSR count). The summed E-state index contributed by atoms with van der Waals surface area (Å²) < 4.78 is 13.3. The van der Waals surface area contributed by atoms with Gasteiger partial charge in [-0.15, -0.1) is 10.2 Å². The number of nitrogens with zero attached hydrogens (tertiary/aromatic N) is 5. The smallest absolute Gasteiger partial charge is 0.216 e. The molecule has 1 aromatic carbocycles. The van der Waals surface area contributed by atoms with Gasteiger partial charge in [-0.1, -0.05) is 6.07 Å². The first-order chi connectivity index (χ1) is 9.26. The van der Waals surface area contributed by atoms with Gasteiger partial charge in [0, 0.05) is 6.20 Å². The van der Waals surface area contributed by atoms with E-state index in [9.17, 15) is 4.39 Å². The third-order valence-electron chi connectivity index (χ3n) is 2.20. The van der Waals surface area contributed by atoms with Crippen LogP contribution in [0.3, 0.4) is 0 Å². The topological polar surface area (TPSA) is 114 Å². The van der Waals surface area contributed by atoms with Gasteiger partial charge in [-0.3, -0.25) is 0 Å². The number of hydrogen-bond donors (Lipinski definition) is 2. The molecule has 7 nitrogen and oxygen atoms in total. The van der Waals surface area contributed by atoms with E-state index < -0.39 is 5.82 Å². The lowest BCUT2D eigenvalue weighted by molar-refractivity contribution is 0.624. The van der Waals surface area contributed by atoms with E-state index in [0.717, 1.165) is 0 Å². The van der Waals surface area contributed by atoms with Crippen molar-refractivity contribution in [1.82, 2.24) is 20.6 Å². The third kappa shape index (κ3) is 2.53. The van der Waals surface area contributed by atoms with Crippen molar-refractivity contribution in [3.63, 3.8) is 0 Å². The normalized spacial score (nSPS) is 10.6. The molecule has 0 amide bonds. The highest BCUT2D eigenvalue weighted by Crippen LogP contribution is 2.18. The summed E-state index contributed by atoms with van der Waals surface area (Å²) in [6.45, 7) is 0. The highest BCUT2D eigenvalue weighted by Gasteiger charge is 2.08. The molecule has 0 bridgehead atoms. The van der Waals surface area contributed by atoms with Crippen molar-refractivity contribution in [3.05, 3.63) is 41.6 Å². The van der Waals surface area contributed by atoms with Crippen molar-refractivity contribution in [2.24, 2.45) is 0 Å². The average molecular weight is 255 g/mol. The Kier molecular flexibility index (Phi) is 3.46. The van der Waals surface area contributed by atoms with Crippen LogP contribution in [-0.4, -0.2) is 20.6 Å². The molecular weight excluding hydrogens is 249 g/mol. The molecule has 1 heterocycles. The molecule has 0 unspecified atom stereocenters. The van der Waals surface area contributed by atoms with Crippen LogP contribution < -0.4 is 5.32 Å². The van der Waals surface area contributed by atoms with Gasteiger partial charge in [0.15, 0.2) is 0 Å². The second kappa shape index (κ2) is 5.38. The van der Waals surface area contributed by atoms with Crippen LogP contribution in [-0.2, 0) is 0 Å². The van der Waals surface area contributed by atoms with Gasteiger partial charge in [-0.25, -0.2) is 4.39 Å². The molecule has 2 aromatic rings. The van der Waals surface area contributed by atoms with E-state index in [-0.39, 0.29) is 22.6 Å². The number of nitriles is 2. The first kappa shape index (κ1) is 12.2. The number of aromatic nitrogens is 4. The molecule has 92 valence electrons. The Hall–Kier alpha value is -3.26. The van der Waals surface area contributed by atoms with Crippen LogP contribution in [0.1, 0.15) is 11.4 Å². The highest BCUT2D eigenvalue weighted by molar-refractivity contribution is 5.74. The van der Waals surface area contributed by atoms with Crippen molar-refractivity contribution in [1.29, 1.82) is 10.5 Å². The van der Waals surface area contributed by atoms with Crippen molar-refractivity contribution < 1.29 is 4.39 Å². The summed E-state index contributed by atoms with van der Waals surface area (Å²) in [6.07, 6.45) is 1.28. The van der Waals surface area contributed by atoms with Gasteiger partial charge in [-0.05, 0) is 17.3 Å². The van der Waals surface area contributed by atoms with Crippen molar-refractivity contribution in [3.8, 4) is 12.1 Å². The Labute approximate surface area is 107 Å². The predicted molar refractivity (Wildman–Crippen MR) is 62.5 cm³/mol. The minimum absolute atomic E-state index is 0.0990. The maximum atomic E-state index is 13.3. The predicted octanol–water partition coefficient (Wildman–Crippen LogP) is 1.19. The van der Waals surface area contributed by atoms with Crippen molar-refractivity contribution in [2.45, 2.75) is 0 Å². The van der Waals surface area contributed by atoms with E-state index in [0.29, 0.717) is 0 Å². The number of benzene rings is 1. The summed E-state index contributed by atoms with van der Waals surface area (Å²) in [5.74, 6) is -0.538. The largest absolute Gasteiger partial charge is 0.359 e. The molecule has 0 fully saturated rings. The van der Waals surface area contributed by atoms with Crippen LogP contribution in [0.4, 0.5) is 10.1 Å². The van der Waals surface area contributed by atoms with E-state index in [2.05, 4.69) is 25.9 Å². The van der Waals surface area contributed by atoms with Gasteiger partial charge in [0.05, 0.1) is 5.69 Å². The Balaban J connectivity index is 2.31. The third-order valence-corrected chi connectivity index (χ3v) is 2.20. The number of allylic oxidation sites excluding steroid dienone is 1. The molecule has 0 radical (unpaired) electrons. The minimum Gasteiger partial charge on any atom is -0.359 e. The lowest BCUT2D eigenvalue weighted by Crippen LogP contribution is -1.97. The van der Waals surface area contributed by atoms with Crippen molar-refractivity contribution in [2.75, 3.05) is 5.32 Å². The SMILES string of the molecule is N#CC(=CNc1cccc(F)c1C#N)c1nn[nH]n1. The monoisotopic (exact) mass is 255 g/mol. The average Bonchev–Trinajstić information content (AvgIpc) is 2.94. The first-order valence-electron chi connectivity index (χ1n) is 5.05. The van der Waals surface area contributed by atoms with Crippen LogP contribution in [0, 0.1) is 28.5 Å². The standard InChI is InChI=1S/C11H6FN7/c12-9-2-1-3-10(8(9)5-14)15-6-7(4-13)11-16-18-19-17-11/h1-3,6,15H,(H,16,17,18,19). The maximum absolute atomic E-state index is 13.3. The second-order valence-corrected chi connectivity index (χ2v) is 3.32. The molecule has 0 spiro atoms. The van der Waals surface area contributed by atoms with E-state index in [1.54, 1.807) is 6.07 Å². The summed E-state index contributed by atoms with van der Waals surface area (Å²) in [4.78, 5) is 0. The fraction of sp³-hybridized carbons (Fsp3) is 0. The van der Waals surface area contributed by atoms with Crippen LogP contribution in [0.5, 0.6) is 0 Å². The van der Waals surface area contributed by atoms with Gasteiger partial charge in [-0.2, -0.15) is 15.7 Å². The summed E-state index contributed by atoms with van der Waals surface area (Å²) in [6, 6.07) is 7.75. The highest BCUT2D eigenvalue weighted by atomic mass is 19.1. The summed E-state index contributed by atoms with van der Waals surface area (Å²) in [5, 5.41) is 33.3. The number of hydrogen-bond acceptors (Lipinski definition) is 6. The number of anilines is 1. The number of H-pyrrole nitrogens is 1. The molecule has 1 aromatic heterocycles. The summed E-state index contributed by atoms with van der Waals surface area (Å²) in [5.41, 5.74) is 0.213. The molecule has 0 aliphatic rings. The number of tetrazole rings is 1. The van der Waals surface area contributed by atoms with Gasteiger partial charge in [0.1, 0.15) is 29.1 Å². The molecule has 2 N–H and O–H groups in total. The van der Waals surface area contributed by atoms with Crippen LogP contribution >= 0.6 is 0 Å². The second-order valence-electron chi connectivity index (χ2n) is 3.32. The Bertz CT molecular complexity index is 691. The molecule has 0 atom stereocenters. The van der Waals surface area contributed by atoms with Gasteiger partial charge in [0.25, 0.3) is 0 Å². The zero-order valence-corrected chi connectivity index (χ0v) is 9.42. The number of nitrogens with one attached hydrogen (secondary N) is 2. The Morgan fingerprint density at radius 2 is 2.26 bits per heavy atom. The van der Waals surface area contributed by atoms with Crippen LogP contribution in [0.2, 0.25) is 0 Å². The fourth-order valence-corrected chi connectivity index (χ4v) is 1.33. The Morgan fingerprint density at radius 1 is 1.42 bits per heavy atom. The van der Waals surface area contributed by atoms with Gasteiger partial charge >= 0.3 is 0 Å². The molecule has 0 aliphatic carbocycles. The minimum atomic E-state index is -0.640. The number of aromatic amines is 1. The van der Waals surface area contributed by atoms with E-state index in [1.165, 1.54) is 24.4 Å². The van der Waals surface area contributed by atoms with Crippen LogP contribution in [0.15, 0.2) is 24.4 Å². The van der Waals surface area contributed by atoms with Crippen molar-refractivity contribution >= 4 is 11.3 Å². The van der Waals surface area contributed by atoms with E-state index in [4.69, 9.17) is 10.5 Å². The van der Waals surface area contributed by atoms with Crippen LogP contribution in [0.25, 0.3) is 5.57 Å². The zero-order valence-electron chi connectivity index (χ0n) is 9.42. The fourth-order valence-electron chi connectivity index (χ4n) is 1.33. The zero-order chi connectivity index (χ0) is 13.7. The lowest BCUT2D eigenvalue weighted by Gasteiger charge is -2.04. The summed E-state index contributed by atoms with van der Waals surface area (Å²) in [7, 11) is 0. The quantitative estimate of drug-likeness (QED) is 0.796. The van der Waals surface area contributed by atoms with E-state index >= 15 is 0 Å². The molecule has 0 saturated heterocycles. The first-order valence-corrected chi connectivity index (χ1v) is 5.05. The molecule has 0 saturated carbocycles. The van der Waals surface area contributed by atoms with Gasteiger partial charge in [0.2, 0.25) is 5.82 Å². The molecule has 8 heteroatoms. The number of rotatable bonds is 3. The molecule has 0 aliphatic heterocycles. The van der Waals surface area contributed by atoms with Gasteiger partial charge < -0.3 is 5.32 Å². The maximum Gasteiger partial charge on any atom is 0.216 e.